The van der Waals surface area contributed by atoms with Gasteiger partial charge in [0, 0.05) is 18.7 Å². The summed E-state index contributed by atoms with van der Waals surface area (Å²) < 4.78 is 18.2. The fraction of sp³-hybridized carbons (Fsp3) is 0.350. The Labute approximate surface area is 148 Å². The van der Waals surface area contributed by atoms with Gasteiger partial charge >= 0.3 is 0 Å². The molecule has 0 aromatic heterocycles. The first-order valence-electron chi connectivity index (χ1n) is 8.31. The minimum absolute atomic E-state index is 0.0313. The van der Waals surface area contributed by atoms with Crippen LogP contribution in [0.5, 0.6) is 5.75 Å². The monoisotopic (exact) mass is 344 g/mol. The molecular formula is C20H25FN2O2. The minimum atomic E-state index is -0.249. The summed E-state index contributed by atoms with van der Waals surface area (Å²) in [5, 5.41) is 2.90. The van der Waals surface area contributed by atoms with E-state index in [2.05, 4.69) is 11.4 Å². The smallest absolute Gasteiger partial charge is 0.234 e. The van der Waals surface area contributed by atoms with Gasteiger partial charge in [-0.1, -0.05) is 29.8 Å². The standard InChI is InChI=1S/C20H25FN2O2/c1-15-4-9-19(25-3)17(12-15)13-23(2)14-20(24)22-11-10-16-5-7-18(21)8-6-16/h4-9,12H,10-11,13-14H2,1-3H3,(H,22,24). The number of carbonyl (C=O) groups excluding carboxylic acids is 1. The second-order valence-electron chi connectivity index (χ2n) is 6.21. The van der Waals surface area contributed by atoms with Gasteiger partial charge in [-0.15, -0.1) is 0 Å². The van der Waals surface area contributed by atoms with Gasteiger partial charge in [0.25, 0.3) is 0 Å². The molecule has 134 valence electrons. The van der Waals surface area contributed by atoms with Crippen molar-refractivity contribution in [2.24, 2.45) is 0 Å². The molecule has 0 atom stereocenters. The van der Waals surface area contributed by atoms with Gasteiger partial charge < -0.3 is 10.1 Å². The molecule has 0 unspecified atom stereocenters. The molecule has 1 amide bonds. The molecule has 0 aliphatic rings. The van der Waals surface area contributed by atoms with Gasteiger partial charge in [0.15, 0.2) is 0 Å². The Morgan fingerprint density at radius 3 is 2.60 bits per heavy atom. The molecule has 0 spiro atoms. The van der Waals surface area contributed by atoms with Crippen molar-refractivity contribution >= 4 is 5.91 Å². The molecular weight excluding hydrogens is 319 g/mol. The van der Waals surface area contributed by atoms with Crippen molar-refractivity contribution in [3.05, 3.63) is 65.0 Å². The third-order valence-electron chi connectivity index (χ3n) is 3.94. The maximum Gasteiger partial charge on any atom is 0.234 e. The van der Waals surface area contributed by atoms with Crippen molar-refractivity contribution in [2.75, 3.05) is 27.2 Å². The van der Waals surface area contributed by atoms with Crippen molar-refractivity contribution in [3.63, 3.8) is 0 Å². The first-order valence-corrected chi connectivity index (χ1v) is 8.31. The highest BCUT2D eigenvalue weighted by atomic mass is 19.1. The highest BCUT2D eigenvalue weighted by Gasteiger charge is 2.10. The maximum atomic E-state index is 12.9. The lowest BCUT2D eigenvalue weighted by Crippen LogP contribution is -2.35. The quantitative estimate of drug-likeness (QED) is 0.801. The normalized spacial score (nSPS) is 10.8. The van der Waals surface area contributed by atoms with Crippen LogP contribution in [-0.2, 0) is 17.8 Å². The number of rotatable bonds is 8. The molecule has 0 radical (unpaired) electrons. The van der Waals surface area contributed by atoms with E-state index in [1.807, 2.05) is 31.0 Å². The van der Waals surface area contributed by atoms with Crippen molar-refractivity contribution < 1.29 is 13.9 Å². The van der Waals surface area contributed by atoms with Crippen LogP contribution in [0.4, 0.5) is 4.39 Å². The Balaban J connectivity index is 1.78. The SMILES string of the molecule is COc1ccc(C)cc1CN(C)CC(=O)NCCc1ccc(F)cc1. The largest absolute Gasteiger partial charge is 0.496 e. The average Bonchev–Trinajstić information content (AvgIpc) is 2.57. The topological polar surface area (TPSA) is 41.6 Å². The summed E-state index contributed by atoms with van der Waals surface area (Å²) in [6, 6.07) is 12.4. The van der Waals surface area contributed by atoms with Crippen LogP contribution in [0.2, 0.25) is 0 Å². The lowest BCUT2D eigenvalue weighted by molar-refractivity contribution is -0.122. The third-order valence-corrected chi connectivity index (χ3v) is 3.94. The minimum Gasteiger partial charge on any atom is -0.496 e. The molecule has 5 heteroatoms. The van der Waals surface area contributed by atoms with Crippen LogP contribution in [0.25, 0.3) is 0 Å². The summed E-state index contributed by atoms with van der Waals surface area (Å²) in [6.07, 6.45) is 0.682. The summed E-state index contributed by atoms with van der Waals surface area (Å²) in [4.78, 5) is 14.0. The van der Waals surface area contributed by atoms with Gasteiger partial charge in [0.2, 0.25) is 5.91 Å². The van der Waals surface area contributed by atoms with Gasteiger partial charge in [-0.25, -0.2) is 4.39 Å². The number of nitrogens with zero attached hydrogens (tertiary/aromatic N) is 1. The molecule has 2 aromatic carbocycles. The van der Waals surface area contributed by atoms with Crippen LogP contribution in [-0.4, -0.2) is 38.1 Å². The zero-order valence-corrected chi connectivity index (χ0v) is 15.0. The molecule has 0 saturated heterocycles. The average molecular weight is 344 g/mol. The van der Waals surface area contributed by atoms with Gasteiger partial charge in [-0.2, -0.15) is 0 Å². The molecule has 0 heterocycles. The predicted molar refractivity (Wildman–Crippen MR) is 97.2 cm³/mol. The van der Waals surface area contributed by atoms with E-state index in [-0.39, 0.29) is 11.7 Å². The number of carbonyl (C=O) groups is 1. The third kappa shape index (κ3) is 6.19. The molecule has 25 heavy (non-hydrogen) atoms. The highest BCUT2D eigenvalue weighted by Crippen LogP contribution is 2.20. The number of ether oxygens (including phenoxy) is 1. The van der Waals surface area contributed by atoms with Crippen LogP contribution >= 0.6 is 0 Å². The van der Waals surface area contributed by atoms with E-state index in [1.165, 1.54) is 12.1 Å². The molecule has 0 saturated carbocycles. The second kappa shape index (κ2) is 9.18. The maximum absolute atomic E-state index is 12.9. The molecule has 0 aliphatic heterocycles. The van der Waals surface area contributed by atoms with Gasteiger partial charge in [0.05, 0.1) is 13.7 Å². The first-order chi connectivity index (χ1) is 12.0. The van der Waals surface area contributed by atoms with Gasteiger partial charge in [-0.05, 0) is 44.2 Å². The van der Waals surface area contributed by atoms with Crippen LogP contribution in [0.15, 0.2) is 42.5 Å². The van der Waals surface area contributed by atoms with Crippen LogP contribution in [0.3, 0.4) is 0 Å². The van der Waals surface area contributed by atoms with Gasteiger partial charge in [-0.3, -0.25) is 9.69 Å². The fourth-order valence-electron chi connectivity index (χ4n) is 2.68. The molecule has 1 N–H and O–H groups in total. The summed E-state index contributed by atoms with van der Waals surface area (Å²) in [5.74, 6) is 0.548. The summed E-state index contributed by atoms with van der Waals surface area (Å²) in [6.45, 7) is 3.51. The Morgan fingerprint density at radius 1 is 1.20 bits per heavy atom. The number of nitrogens with one attached hydrogen (secondary N) is 1. The number of hydrogen-bond acceptors (Lipinski definition) is 3. The number of likely N-dealkylation sites (N-methyl/N-ethyl adjacent to an activating group) is 1. The van der Waals surface area contributed by atoms with Crippen molar-refractivity contribution in [2.45, 2.75) is 19.9 Å². The van der Waals surface area contributed by atoms with E-state index in [4.69, 9.17) is 4.74 Å². The summed E-state index contributed by atoms with van der Waals surface area (Å²) in [5.41, 5.74) is 3.22. The second-order valence-corrected chi connectivity index (χ2v) is 6.21. The van der Waals surface area contributed by atoms with Crippen LogP contribution in [0.1, 0.15) is 16.7 Å². The molecule has 4 nitrogen and oxygen atoms in total. The lowest BCUT2D eigenvalue weighted by Gasteiger charge is -2.18. The number of hydrogen-bond donors (Lipinski definition) is 1. The summed E-state index contributed by atoms with van der Waals surface area (Å²) in [7, 11) is 3.55. The van der Waals surface area contributed by atoms with Crippen LogP contribution < -0.4 is 10.1 Å². The number of amides is 1. The first kappa shape index (κ1) is 18.9. The number of halogens is 1. The molecule has 0 aliphatic carbocycles. The lowest BCUT2D eigenvalue weighted by atomic mass is 10.1. The Hall–Kier alpha value is -2.40. The molecule has 0 bridgehead atoms. The predicted octanol–water partition coefficient (Wildman–Crippen LogP) is 2.93. The van der Waals surface area contributed by atoms with E-state index < -0.39 is 0 Å². The van der Waals surface area contributed by atoms with Crippen LogP contribution in [0, 0.1) is 12.7 Å². The number of methoxy groups -OCH3 is 1. The molecule has 2 rings (SSSR count). The highest BCUT2D eigenvalue weighted by molar-refractivity contribution is 5.78. The summed E-state index contributed by atoms with van der Waals surface area (Å²) >= 11 is 0. The van der Waals surface area contributed by atoms with Crippen molar-refractivity contribution in [1.82, 2.24) is 10.2 Å². The Kier molecular flexibility index (Phi) is 6.95. The number of aryl methyl sites for hydroxylation is 1. The Bertz CT molecular complexity index is 701. The van der Waals surface area contributed by atoms with E-state index in [0.717, 1.165) is 22.4 Å². The fourth-order valence-corrected chi connectivity index (χ4v) is 2.68. The van der Waals surface area contributed by atoms with Gasteiger partial charge in [0.1, 0.15) is 11.6 Å². The van der Waals surface area contributed by atoms with Crippen molar-refractivity contribution in [3.8, 4) is 5.75 Å². The van der Waals surface area contributed by atoms with E-state index in [1.54, 1.807) is 19.2 Å². The van der Waals surface area contributed by atoms with Crippen molar-refractivity contribution in [1.29, 1.82) is 0 Å². The number of benzene rings is 2. The zero-order chi connectivity index (χ0) is 18.2. The van der Waals surface area contributed by atoms with E-state index in [0.29, 0.717) is 26.1 Å². The zero-order valence-electron chi connectivity index (χ0n) is 15.0. The van der Waals surface area contributed by atoms with E-state index >= 15 is 0 Å². The Morgan fingerprint density at radius 2 is 1.92 bits per heavy atom. The molecule has 2 aromatic rings. The van der Waals surface area contributed by atoms with E-state index in [9.17, 15) is 9.18 Å². The molecule has 0 fully saturated rings.